The molecule has 0 saturated carbocycles. The maximum atomic E-state index is 9.16. The minimum absolute atomic E-state index is 0.103. The van der Waals surface area contributed by atoms with Gasteiger partial charge in [-0.25, -0.2) is 0 Å². The average molecular weight is 253 g/mol. The van der Waals surface area contributed by atoms with Crippen molar-refractivity contribution in [2.45, 2.75) is 12.5 Å². The van der Waals surface area contributed by atoms with Gasteiger partial charge in [-0.15, -0.1) is 0 Å². The van der Waals surface area contributed by atoms with E-state index < -0.39 is 0 Å². The minimum Gasteiger partial charge on any atom is -0.370 e. The van der Waals surface area contributed by atoms with Crippen LogP contribution < -0.4 is 5.32 Å². The van der Waals surface area contributed by atoms with Gasteiger partial charge in [-0.3, -0.25) is 0 Å². The fourth-order valence-corrected chi connectivity index (χ4v) is 3.32. The van der Waals surface area contributed by atoms with Crippen LogP contribution in [0.2, 0.25) is 5.02 Å². The molecule has 1 saturated heterocycles. The highest BCUT2D eigenvalue weighted by Crippen LogP contribution is 2.28. The van der Waals surface area contributed by atoms with E-state index in [2.05, 4.69) is 11.4 Å². The lowest BCUT2D eigenvalue weighted by Crippen LogP contribution is -2.27. The van der Waals surface area contributed by atoms with Crippen LogP contribution in [0.4, 0.5) is 5.69 Å². The molecule has 0 bridgehead atoms. The van der Waals surface area contributed by atoms with E-state index in [0.717, 1.165) is 17.9 Å². The van der Waals surface area contributed by atoms with E-state index in [0.29, 0.717) is 10.9 Å². The zero-order valence-corrected chi connectivity index (χ0v) is 10.4. The van der Waals surface area contributed by atoms with Crippen LogP contribution >= 0.6 is 23.4 Å². The van der Waals surface area contributed by atoms with Gasteiger partial charge < -0.3 is 5.32 Å². The highest BCUT2D eigenvalue weighted by atomic mass is 35.5. The first-order valence-electron chi connectivity index (χ1n) is 5.29. The second kappa shape index (κ2) is 5.47. The van der Waals surface area contributed by atoms with Gasteiger partial charge in [0.2, 0.25) is 0 Å². The molecule has 1 heterocycles. The monoisotopic (exact) mass is 252 g/mol. The Labute approximate surface area is 105 Å². The Morgan fingerprint density at radius 1 is 1.56 bits per heavy atom. The number of hydrogen-bond donors (Lipinski definition) is 1. The van der Waals surface area contributed by atoms with Gasteiger partial charge in [0.15, 0.2) is 0 Å². The van der Waals surface area contributed by atoms with Gasteiger partial charge in [-0.05, 0) is 36.1 Å². The number of nitrogens with zero attached hydrogens (tertiary/aromatic N) is 1. The van der Waals surface area contributed by atoms with Crippen molar-refractivity contribution in [3.05, 3.63) is 29.3 Å². The van der Waals surface area contributed by atoms with Crippen LogP contribution in [0.5, 0.6) is 0 Å². The lowest BCUT2D eigenvalue weighted by Gasteiger charge is -2.18. The Morgan fingerprint density at radius 2 is 2.44 bits per heavy atom. The summed E-state index contributed by atoms with van der Waals surface area (Å²) in [7, 11) is 0. The van der Waals surface area contributed by atoms with Gasteiger partial charge in [0, 0.05) is 16.6 Å². The van der Waals surface area contributed by atoms with Crippen LogP contribution in [-0.4, -0.2) is 17.5 Å². The molecule has 1 fully saturated rings. The van der Waals surface area contributed by atoms with E-state index in [9.17, 15) is 0 Å². The summed E-state index contributed by atoms with van der Waals surface area (Å²) >= 11 is 7.83. The molecule has 1 aromatic carbocycles. The smallest absolute Gasteiger partial charge is 0.118 e. The van der Waals surface area contributed by atoms with E-state index in [1.807, 2.05) is 36.0 Å². The van der Waals surface area contributed by atoms with E-state index >= 15 is 0 Å². The normalized spacial score (nSPS) is 21.4. The fraction of sp³-hybridized carbons (Fsp3) is 0.417. The number of anilines is 1. The van der Waals surface area contributed by atoms with Gasteiger partial charge >= 0.3 is 0 Å². The first-order valence-corrected chi connectivity index (χ1v) is 6.82. The lowest BCUT2D eigenvalue weighted by atomic mass is 10.0. The van der Waals surface area contributed by atoms with E-state index in [1.54, 1.807) is 0 Å². The van der Waals surface area contributed by atoms with Gasteiger partial charge in [0.05, 0.1) is 6.07 Å². The number of benzene rings is 1. The zero-order valence-electron chi connectivity index (χ0n) is 8.82. The molecule has 4 heteroatoms. The largest absolute Gasteiger partial charge is 0.370 e. The van der Waals surface area contributed by atoms with Crippen LogP contribution in [0.25, 0.3) is 0 Å². The SMILES string of the molecule is N#CC(Nc1cccc(Cl)c1)C1CCSC1. The molecule has 0 aliphatic carbocycles. The molecular weight excluding hydrogens is 240 g/mol. The quantitative estimate of drug-likeness (QED) is 0.896. The van der Waals surface area contributed by atoms with Crippen molar-refractivity contribution in [1.82, 2.24) is 0 Å². The summed E-state index contributed by atoms with van der Waals surface area (Å²) in [6.07, 6.45) is 1.12. The van der Waals surface area contributed by atoms with Crippen LogP contribution in [0.1, 0.15) is 6.42 Å². The molecule has 16 heavy (non-hydrogen) atoms. The van der Waals surface area contributed by atoms with Crippen molar-refractivity contribution in [3.8, 4) is 6.07 Å². The summed E-state index contributed by atoms with van der Waals surface area (Å²) in [5.41, 5.74) is 0.927. The third kappa shape index (κ3) is 2.84. The number of thioether (sulfide) groups is 1. The molecule has 0 aromatic heterocycles. The van der Waals surface area contributed by atoms with E-state index in [1.165, 1.54) is 5.75 Å². The van der Waals surface area contributed by atoms with Crippen molar-refractivity contribution < 1.29 is 0 Å². The Bertz CT molecular complexity index is 396. The van der Waals surface area contributed by atoms with Crippen LogP contribution in [0.3, 0.4) is 0 Å². The van der Waals surface area contributed by atoms with Gasteiger partial charge in [-0.2, -0.15) is 17.0 Å². The lowest BCUT2D eigenvalue weighted by molar-refractivity contribution is 0.565. The van der Waals surface area contributed by atoms with Gasteiger partial charge in [0.25, 0.3) is 0 Å². The molecule has 0 amide bonds. The van der Waals surface area contributed by atoms with E-state index in [4.69, 9.17) is 16.9 Å². The molecule has 2 unspecified atom stereocenters. The first-order chi connectivity index (χ1) is 7.79. The van der Waals surface area contributed by atoms with Crippen molar-refractivity contribution in [3.63, 3.8) is 0 Å². The molecule has 0 radical (unpaired) electrons. The second-order valence-corrected chi connectivity index (χ2v) is 5.47. The highest BCUT2D eigenvalue weighted by Gasteiger charge is 2.25. The average Bonchev–Trinajstić information content (AvgIpc) is 2.79. The number of nitriles is 1. The van der Waals surface area contributed by atoms with Crippen molar-refractivity contribution in [2.24, 2.45) is 5.92 Å². The standard InChI is InChI=1S/C12H13ClN2S/c13-10-2-1-3-11(6-10)15-12(7-14)9-4-5-16-8-9/h1-3,6,9,12,15H,4-5,8H2. The molecule has 1 aromatic rings. The summed E-state index contributed by atoms with van der Waals surface area (Å²) in [5.74, 6) is 2.69. The van der Waals surface area contributed by atoms with Crippen molar-refractivity contribution in [1.29, 1.82) is 5.26 Å². The Morgan fingerprint density at radius 3 is 3.06 bits per heavy atom. The van der Waals surface area contributed by atoms with Gasteiger partial charge in [0.1, 0.15) is 6.04 Å². The Balaban J connectivity index is 2.04. The molecular formula is C12H13ClN2S. The molecule has 84 valence electrons. The Hall–Kier alpha value is -0.850. The third-order valence-corrected chi connectivity index (χ3v) is 4.15. The summed E-state index contributed by atoms with van der Waals surface area (Å²) in [4.78, 5) is 0. The topological polar surface area (TPSA) is 35.8 Å². The molecule has 1 aliphatic heterocycles. The Kier molecular flexibility index (Phi) is 3.98. The van der Waals surface area contributed by atoms with Crippen molar-refractivity contribution in [2.75, 3.05) is 16.8 Å². The summed E-state index contributed by atoms with van der Waals surface area (Å²) < 4.78 is 0. The summed E-state index contributed by atoms with van der Waals surface area (Å²) in [6.45, 7) is 0. The predicted molar refractivity (Wildman–Crippen MR) is 69.9 cm³/mol. The number of rotatable bonds is 3. The van der Waals surface area contributed by atoms with Crippen LogP contribution in [-0.2, 0) is 0 Å². The third-order valence-electron chi connectivity index (χ3n) is 2.72. The minimum atomic E-state index is -0.103. The first kappa shape index (κ1) is 11.6. The second-order valence-electron chi connectivity index (χ2n) is 3.89. The maximum absolute atomic E-state index is 9.16. The number of halogens is 1. The van der Waals surface area contributed by atoms with Crippen LogP contribution in [0.15, 0.2) is 24.3 Å². The van der Waals surface area contributed by atoms with Crippen LogP contribution in [0, 0.1) is 17.2 Å². The molecule has 1 N–H and O–H groups in total. The summed E-state index contributed by atoms with van der Waals surface area (Å²) in [5, 5.41) is 13.1. The molecule has 2 atom stereocenters. The fourth-order valence-electron chi connectivity index (χ4n) is 1.83. The van der Waals surface area contributed by atoms with E-state index in [-0.39, 0.29) is 6.04 Å². The highest BCUT2D eigenvalue weighted by molar-refractivity contribution is 7.99. The predicted octanol–water partition coefficient (Wildman–Crippen LogP) is 3.40. The molecule has 2 rings (SSSR count). The summed E-state index contributed by atoms with van der Waals surface area (Å²) in [6, 6.07) is 9.76. The number of nitrogens with one attached hydrogen (secondary N) is 1. The maximum Gasteiger partial charge on any atom is 0.118 e. The molecule has 2 nitrogen and oxygen atoms in total. The molecule has 0 spiro atoms. The zero-order chi connectivity index (χ0) is 11.4. The number of hydrogen-bond acceptors (Lipinski definition) is 3. The van der Waals surface area contributed by atoms with Crippen molar-refractivity contribution >= 4 is 29.1 Å². The van der Waals surface area contributed by atoms with Gasteiger partial charge in [-0.1, -0.05) is 17.7 Å². The molecule has 1 aliphatic rings.